The van der Waals surface area contributed by atoms with Crippen LogP contribution < -0.4 is 4.74 Å². The molecule has 0 amide bonds. The van der Waals surface area contributed by atoms with Gasteiger partial charge in [0.05, 0.1) is 17.2 Å². The van der Waals surface area contributed by atoms with E-state index >= 15 is 0 Å². The Kier molecular flexibility index (Phi) is 3.06. The van der Waals surface area contributed by atoms with Crippen LogP contribution in [0.15, 0.2) is 60.2 Å². The molecule has 1 heterocycles. The van der Waals surface area contributed by atoms with Crippen LogP contribution in [-0.4, -0.2) is 12.4 Å². The molecule has 0 spiro atoms. The molecule has 0 bridgehead atoms. The summed E-state index contributed by atoms with van der Waals surface area (Å²) in [6, 6.07) is 18.4. The van der Waals surface area contributed by atoms with E-state index in [9.17, 15) is 10.1 Å². The van der Waals surface area contributed by atoms with Crippen LogP contribution >= 0.6 is 0 Å². The van der Waals surface area contributed by atoms with Gasteiger partial charge in [0.15, 0.2) is 5.78 Å². The summed E-state index contributed by atoms with van der Waals surface area (Å²) in [7, 11) is 0. The van der Waals surface area contributed by atoms with E-state index in [4.69, 9.17) is 4.74 Å². The van der Waals surface area contributed by atoms with Crippen LogP contribution in [-0.2, 0) is 0 Å². The summed E-state index contributed by atoms with van der Waals surface area (Å²) in [5, 5.41) is 9.30. The van der Waals surface area contributed by atoms with Crippen LogP contribution in [0.2, 0.25) is 0 Å². The lowest BCUT2D eigenvalue weighted by Gasteiger charge is -2.06. The normalized spacial score (nSPS) is 14.1. The van der Waals surface area contributed by atoms with Crippen molar-refractivity contribution in [2.45, 2.75) is 0 Å². The molecule has 0 unspecified atom stereocenters. The first-order valence-corrected chi connectivity index (χ1v) is 6.26. The van der Waals surface area contributed by atoms with Gasteiger partial charge in [-0.05, 0) is 17.7 Å². The van der Waals surface area contributed by atoms with Gasteiger partial charge in [-0.15, -0.1) is 0 Å². The molecule has 96 valence electrons. The predicted octanol–water partition coefficient (Wildman–Crippen LogP) is 3.24. The fourth-order valence-corrected chi connectivity index (χ4v) is 2.27. The first kappa shape index (κ1) is 12.2. The van der Waals surface area contributed by atoms with Crippen molar-refractivity contribution >= 4 is 11.4 Å². The second-order valence-corrected chi connectivity index (χ2v) is 4.45. The zero-order chi connectivity index (χ0) is 13.9. The number of ether oxygens (including phenoxy) is 1. The summed E-state index contributed by atoms with van der Waals surface area (Å²) in [5.41, 5.74) is 2.03. The minimum atomic E-state index is -0.166. The number of fused-ring (bicyclic) bond motifs is 1. The largest absolute Gasteiger partial charge is 0.487 e. The van der Waals surface area contributed by atoms with Crippen molar-refractivity contribution in [1.82, 2.24) is 0 Å². The van der Waals surface area contributed by atoms with Gasteiger partial charge in [0.1, 0.15) is 12.4 Å². The van der Waals surface area contributed by atoms with E-state index in [1.165, 1.54) is 0 Å². The lowest BCUT2D eigenvalue weighted by atomic mass is 9.93. The fraction of sp³-hybridized carbons (Fsp3) is 0.0588. The first-order valence-electron chi connectivity index (χ1n) is 6.26. The van der Waals surface area contributed by atoms with Gasteiger partial charge in [0, 0.05) is 5.57 Å². The second kappa shape index (κ2) is 5.02. The number of hydrogen-bond acceptors (Lipinski definition) is 3. The SMILES string of the molecule is N#CC1=C(c2ccccc2)C(=O)c2ccccc2OC1. The van der Waals surface area contributed by atoms with Crippen LogP contribution in [0, 0.1) is 11.3 Å². The summed E-state index contributed by atoms with van der Waals surface area (Å²) in [6.07, 6.45) is 0. The van der Waals surface area contributed by atoms with Crippen LogP contribution in [0.3, 0.4) is 0 Å². The zero-order valence-electron chi connectivity index (χ0n) is 10.7. The Morgan fingerprint density at radius 2 is 1.70 bits per heavy atom. The zero-order valence-corrected chi connectivity index (χ0v) is 10.7. The Balaban J connectivity index is 2.21. The van der Waals surface area contributed by atoms with E-state index in [1.807, 2.05) is 36.4 Å². The standard InChI is InChI=1S/C17H11NO2/c18-10-13-11-20-15-9-5-4-8-14(15)17(19)16(13)12-6-2-1-3-7-12/h1-9H,11H2. The highest BCUT2D eigenvalue weighted by Crippen LogP contribution is 2.31. The maximum Gasteiger partial charge on any atom is 0.198 e. The monoisotopic (exact) mass is 261 g/mol. The first-order chi connectivity index (χ1) is 9.81. The molecule has 2 aromatic rings. The minimum absolute atomic E-state index is 0.115. The van der Waals surface area contributed by atoms with Crippen LogP contribution in [0.5, 0.6) is 5.75 Å². The smallest absolute Gasteiger partial charge is 0.198 e. The van der Waals surface area contributed by atoms with E-state index in [1.54, 1.807) is 18.2 Å². The van der Waals surface area contributed by atoms with Crippen molar-refractivity contribution in [3.63, 3.8) is 0 Å². The highest BCUT2D eigenvalue weighted by Gasteiger charge is 2.25. The Labute approximate surface area is 116 Å². The number of carbonyl (C=O) groups is 1. The number of hydrogen-bond donors (Lipinski definition) is 0. The van der Waals surface area contributed by atoms with Gasteiger partial charge >= 0.3 is 0 Å². The molecule has 2 aromatic carbocycles. The van der Waals surface area contributed by atoms with Gasteiger partial charge in [-0.1, -0.05) is 42.5 Å². The highest BCUT2D eigenvalue weighted by molar-refractivity contribution is 6.31. The van der Waals surface area contributed by atoms with Gasteiger partial charge in [-0.2, -0.15) is 5.26 Å². The number of nitriles is 1. The molecule has 0 aliphatic carbocycles. The summed E-state index contributed by atoms with van der Waals surface area (Å²) in [4.78, 5) is 12.7. The topological polar surface area (TPSA) is 50.1 Å². The summed E-state index contributed by atoms with van der Waals surface area (Å²) in [6.45, 7) is 0.115. The average molecular weight is 261 g/mol. The second-order valence-electron chi connectivity index (χ2n) is 4.45. The molecular formula is C17H11NO2. The number of ketones is 1. The number of rotatable bonds is 1. The molecule has 0 saturated carbocycles. The van der Waals surface area contributed by atoms with Crippen molar-refractivity contribution in [3.8, 4) is 11.8 Å². The molecule has 3 nitrogen and oxygen atoms in total. The fourth-order valence-electron chi connectivity index (χ4n) is 2.27. The molecule has 3 heteroatoms. The molecule has 0 saturated heterocycles. The molecule has 20 heavy (non-hydrogen) atoms. The van der Waals surface area contributed by atoms with E-state index in [-0.39, 0.29) is 12.4 Å². The van der Waals surface area contributed by atoms with Crippen molar-refractivity contribution in [1.29, 1.82) is 5.26 Å². The quantitative estimate of drug-likeness (QED) is 0.791. The lowest BCUT2D eigenvalue weighted by molar-refractivity contribution is 0.105. The van der Waals surface area contributed by atoms with Crippen molar-refractivity contribution in [3.05, 3.63) is 71.3 Å². The maximum atomic E-state index is 12.7. The van der Waals surface area contributed by atoms with E-state index < -0.39 is 0 Å². The molecule has 1 aliphatic heterocycles. The number of carbonyl (C=O) groups excluding carboxylic acids is 1. The van der Waals surface area contributed by atoms with Crippen molar-refractivity contribution < 1.29 is 9.53 Å². The lowest BCUT2D eigenvalue weighted by Crippen LogP contribution is -2.04. The third-order valence-electron chi connectivity index (χ3n) is 3.23. The average Bonchev–Trinajstić information content (AvgIpc) is 2.65. The Morgan fingerprint density at radius 1 is 1.00 bits per heavy atom. The van der Waals surface area contributed by atoms with Crippen molar-refractivity contribution in [2.75, 3.05) is 6.61 Å². The van der Waals surface area contributed by atoms with Gasteiger partial charge in [-0.3, -0.25) is 4.79 Å². The van der Waals surface area contributed by atoms with Crippen LogP contribution in [0.4, 0.5) is 0 Å². The van der Waals surface area contributed by atoms with Crippen LogP contribution in [0.25, 0.3) is 5.57 Å². The Hall–Kier alpha value is -2.86. The Morgan fingerprint density at radius 3 is 2.45 bits per heavy atom. The third kappa shape index (κ3) is 1.98. The highest BCUT2D eigenvalue weighted by atomic mass is 16.5. The Bertz CT molecular complexity index is 739. The van der Waals surface area contributed by atoms with Gasteiger partial charge < -0.3 is 4.74 Å². The molecular weight excluding hydrogens is 250 g/mol. The van der Waals surface area contributed by atoms with E-state index in [0.717, 1.165) is 5.56 Å². The molecule has 0 N–H and O–H groups in total. The van der Waals surface area contributed by atoms with Gasteiger partial charge in [0.25, 0.3) is 0 Å². The van der Waals surface area contributed by atoms with Crippen molar-refractivity contribution in [2.24, 2.45) is 0 Å². The van der Waals surface area contributed by atoms with E-state index in [2.05, 4.69) is 6.07 Å². The molecule has 0 radical (unpaired) electrons. The third-order valence-corrected chi connectivity index (χ3v) is 3.23. The molecule has 1 aliphatic rings. The number of Topliss-reactive ketones (excluding diaryl/α,β-unsaturated/α-hetero) is 1. The predicted molar refractivity (Wildman–Crippen MR) is 75.2 cm³/mol. The minimum Gasteiger partial charge on any atom is -0.487 e. The summed E-state index contributed by atoms with van der Waals surface area (Å²) < 4.78 is 5.57. The molecule has 3 rings (SSSR count). The summed E-state index contributed by atoms with van der Waals surface area (Å²) >= 11 is 0. The van der Waals surface area contributed by atoms with Gasteiger partial charge in [-0.25, -0.2) is 0 Å². The summed E-state index contributed by atoms with van der Waals surface area (Å²) in [5.74, 6) is 0.358. The van der Waals surface area contributed by atoms with Crippen LogP contribution in [0.1, 0.15) is 15.9 Å². The van der Waals surface area contributed by atoms with E-state index in [0.29, 0.717) is 22.5 Å². The maximum absolute atomic E-state index is 12.7. The van der Waals surface area contributed by atoms with Gasteiger partial charge in [0.2, 0.25) is 0 Å². The number of benzene rings is 2. The molecule has 0 aromatic heterocycles. The number of nitrogens with zero attached hydrogens (tertiary/aromatic N) is 1. The molecule has 0 fully saturated rings. The number of para-hydroxylation sites is 1. The molecule has 0 atom stereocenters. The number of allylic oxidation sites excluding steroid dienone is 1.